The summed E-state index contributed by atoms with van der Waals surface area (Å²) in [6.45, 7) is 3.76. The maximum atomic E-state index is 12.1. The van der Waals surface area contributed by atoms with E-state index in [-0.39, 0.29) is 29.3 Å². The van der Waals surface area contributed by atoms with Gasteiger partial charge in [0.2, 0.25) is 11.8 Å². The van der Waals surface area contributed by atoms with Gasteiger partial charge < -0.3 is 15.8 Å². The third kappa shape index (κ3) is 5.27. The first-order valence-electron chi connectivity index (χ1n) is 8.13. The average molecular weight is 377 g/mol. The van der Waals surface area contributed by atoms with Gasteiger partial charge in [-0.15, -0.1) is 0 Å². The summed E-state index contributed by atoms with van der Waals surface area (Å²) in [5.41, 5.74) is 6.41. The minimum Gasteiger partial charge on any atom is -0.439 e. The zero-order valence-electron chi connectivity index (χ0n) is 15.0. The summed E-state index contributed by atoms with van der Waals surface area (Å²) in [4.78, 5) is 16.4. The predicted octanol–water partition coefficient (Wildman–Crippen LogP) is 1.88. The third-order valence-electron chi connectivity index (χ3n) is 3.95. The predicted molar refractivity (Wildman–Crippen MR) is 98.5 cm³/mol. The first kappa shape index (κ1) is 19.9. The molecule has 3 N–H and O–H groups in total. The Labute approximate surface area is 153 Å². The summed E-state index contributed by atoms with van der Waals surface area (Å²) < 4.78 is 29.1. The Morgan fingerprint density at radius 2 is 2.00 bits per heavy atom. The number of carbonyl (C=O) groups is 1. The Balaban J connectivity index is 2.16. The summed E-state index contributed by atoms with van der Waals surface area (Å²) >= 11 is 0. The highest BCUT2D eigenvalue weighted by Crippen LogP contribution is 2.25. The minimum atomic E-state index is -3.34. The fraction of sp³-hybridized carbons (Fsp3) is 0.333. The van der Waals surface area contributed by atoms with Crippen molar-refractivity contribution in [1.82, 2.24) is 10.3 Å². The number of hydrogen-bond donors (Lipinski definition) is 2. The molecule has 1 aromatic heterocycles. The highest BCUT2D eigenvalue weighted by atomic mass is 32.2. The number of nitrogens with one attached hydrogen (secondary N) is 1. The number of aromatic nitrogens is 1. The molecule has 0 aliphatic rings. The molecule has 0 radical (unpaired) electrons. The van der Waals surface area contributed by atoms with E-state index in [2.05, 4.69) is 10.3 Å². The van der Waals surface area contributed by atoms with E-state index in [0.29, 0.717) is 17.2 Å². The first-order chi connectivity index (χ1) is 12.2. The van der Waals surface area contributed by atoms with Gasteiger partial charge in [0.1, 0.15) is 5.75 Å². The highest BCUT2D eigenvalue weighted by Gasteiger charge is 2.17. The third-order valence-corrected chi connectivity index (χ3v) is 5.06. The van der Waals surface area contributed by atoms with Gasteiger partial charge in [-0.2, -0.15) is 0 Å². The van der Waals surface area contributed by atoms with E-state index in [1.165, 1.54) is 12.1 Å². The molecule has 2 aromatic rings. The van der Waals surface area contributed by atoms with Crippen molar-refractivity contribution in [2.45, 2.75) is 31.3 Å². The second kappa shape index (κ2) is 8.29. The van der Waals surface area contributed by atoms with Crippen molar-refractivity contribution in [3.05, 3.63) is 48.2 Å². The first-order valence-corrected chi connectivity index (χ1v) is 10.0. The lowest BCUT2D eigenvalue weighted by Gasteiger charge is -2.16. The van der Waals surface area contributed by atoms with Gasteiger partial charge >= 0.3 is 0 Å². The molecule has 0 aliphatic heterocycles. The Kier molecular flexibility index (Phi) is 6.33. The van der Waals surface area contributed by atoms with E-state index < -0.39 is 9.84 Å². The highest BCUT2D eigenvalue weighted by molar-refractivity contribution is 7.90. The number of amides is 1. The molecule has 2 atom stereocenters. The maximum Gasteiger partial charge on any atom is 0.224 e. The second-order valence-electron chi connectivity index (χ2n) is 6.18. The van der Waals surface area contributed by atoms with Crippen LogP contribution in [0.1, 0.15) is 19.4 Å². The van der Waals surface area contributed by atoms with E-state index >= 15 is 0 Å². The largest absolute Gasteiger partial charge is 0.439 e. The Bertz CT molecular complexity index is 882. The zero-order chi connectivity index (χ0) is 19.3. The molecule has 26 heavy (non-hydrogen) atoms. The van der Waals surface area contributed by atoms with Crippen LogP contribution in [0.5, 0.6) is 11.6 Å². The number of benzene rings is 1. The number of nitrogens with zero attached hydrogens (tertiary/aromatic N) is 1. The van der Waals surface area contributed by atoms with Gasteiger partial charge in [0.15, 0.2) is 9.84 Å². The molecule has 8 heteroatoms. The molecule has 0 fully saturated rings. The van der Waals surface area contributed by atoms with Crippen molar-refractivity contribution in [3.63, 3.8) is 0 Å². The van der Waals surface area contributed by atoms with E-state index in [0.717, 1.165) is 6.26 Å². The van der Waals surface area contributed by atoms with E-state index in [1.54, 1.807) is 44.3 Å². The SMILES string of the molecule is CC(N)C(C)C(=O)NCc1cccnc1Oc1cccc(S(C)(=O)=O)c1. The van der Waals surface area contributed by atoms with Crippen LogP contribution in [-0.4, -0.2) is 31.6 Å². The molecule has 1 aromatic carbocycles. The monoisotopic (exact) mass is 377 g/mol. The molecule has 0 bridgehead atoms. The van der Waals surface area contributed by atoms with Crippen LogP contribution < -0.4 is 15.8 Å². The summed E-state index contributed by atoms with van der Waals surface area (Å²) in [7, 11) is -3.34. The maximum absolute atomic E-state index is 12.1. The number of ether oxygens (including phenoxy) is 1. The number of rotatable bonds is 7. The number of hydrogen-bond acceptors (Lipinski definition) is 6. The summed E-state index contributed by atoms with van der Waals surface area (Å²) in [6, 6.07) is 9.43. The van der Waals surface area contributed by atoms with Gasteiger partial charge in [0.25, 0.3) is 0 Å². The van der Waals surface area contributed by atoms with Crippen molar-refractivity contribution in [1.29, 1.82) is 0 Å². The van der Waals surface area contributed by atoms with Crippen molar-refractivity contribution in [2.75, 3.05) is 6.26 Å². The molecule has 2 unspecified atom stereocenters. The van der Waals surface area contributed by atoms with Crippen LogP contribution >= 0.6 is 0 Å². The minimum absolute atomic E-state index is 0.158. The molecule has 0 aliphatic carbocycles. The molecule has 1 heterocycles. The van der Waals surface area contributed by atoms with Crippen LogP contribution in [0.25, 0.3) is 0 Å². The van der Waals surface area contributed by atoms with Gasteiger partial charge in [-0.05, 0) is 31.2 Å². The summed E-state index contributed by atoms with van der Waals surface area (Å²) in [5, 5.41) is 2.81. The molecule has 0 saturated carbocycles. The number of pyridine rings is 1. The lowest BCUT2D eigenvalue weighted by molar-refractivity contribution is -0.125. The van der Waals surface area contributed by atoms with Crippen molar-refractivity contribution in [2.24, 2.45) is 11.7 Å². The summed E-state index contributed by atoms with van der Waals surface area (Å²) in [6.07, 6.45) is 2.69. The van der Waals surface area contributed by atoms with Crippen LogP contribution in [0.2, 0.25) is 0 Å². The Morgan fingerprint density at radius 1 is 1.27 bits per heavy atom. The molecule has 0 spiro atoms. The van der Waals surface area contributed by atoms with E-state index in [9.17, 15) is 13.2 Å². The van der Waals surface area contributed by atoms with Gasteiger partial charge in [-0.3, -0.25) is 4.79 Å². The Hall–Kier alpha value is -2.45. The van der Waals surface area contributed by atoms with Gasteiger partial charge in [-0.1, -0.05) is 19.1 Å². The van der Waals surface area contributed by atoms with Crippen LogP contribution in [0, 0.1) is 5.92 Å². The quantitative estimate of drug-likeness (QED) is 0.762. The van der Waals surface area contributed by atoms with Crippen molar-refractivity contribution in [3.8, 4) is 11.6 Å². The fourth-order valence-corrected chi connectivity index (χ4v) is 2.77. The van der Waals surface area contributed by atoms with Gasteiger partial charge in [-0.25, -0.2) is 13.4 Å². The molecule has 140 valence electrons. The zero-order valence-corrected chi connectivity index (χ0v) is 15.8. The average Bonchev–Trinajstić information content (AvgIpc) is 2.59. The molecule has 0 saturated heterocycles. The Morgan fingerprint density at radius 3 is 2.65 bits per heavy atom. The second-order valence-corrected chi connectivity index (χ2v) is 8.20. The topological polar surface area (TPSA) is 111 Å². The normalized spacial score (nSPS) is 13.7. The lowest BCUT2D eigenvalue weighted by Crippen LogP contribution is -2.38. The van der Waals surface area contributed by atoms with Gasteiger partial charge in [0, 0.05) is 36.5 Å². The molecular formula is C18H23N3O4S. The molecule has 7 nitrogen and oxygen atoms in total. The van der Waals surface area contributed by atoms with Crippen LogP contribution in [-0.2, 0) is 21.2 Å². The number of nitrogens with two attached hydrogens (primary N) is 1. The van der Waals surface area contributed by atoms with Crippen molar-refractivity contribution < 1.29 is 17.9 Å². The van der Waals surface area contributed by atoms with Crippen LogP contribution in [0.3, 0.4) is 0 Å². The van der Waals surface area contributed by atoms with Crippen molar-refractivity contribution >= 4 is 15.7 Å². The molecule has 1 amide bonds. The number of carbonyl (C=O) groups excluding carboxylic acids is 1. The smallest absolute Gasteiger partial charge is 0.224 e. The van der Waals surface area contributed by atoms with Crippen LogP contribution in [0.15, 0.2) is 47.5 Å². The lowest BCUT2D eigenvalue weighted by atomic mass is 10.0. The number of sulfone groups is 1. The van der Waals surface area contributed by atoms with E-state index in [1.807, 2.05) is 0 Å². The van der Waals surface area contributed by atoms with E-state index in [4.69, 9.17) is 10.5 Å². The fourth-order valence-electron chi connectivity index (χ4n) is 2.11. The standard InChI is InChI=1S/C18H23N3O4S/c1-12(13(2)19)17(22)21-11-14-6-5-9-20-18(14)25-15-7-4-8-16(10-15)26(3,23)24/h4-10,12-13H,11,19H2,1-3H3,(H,21,22). The summed E-state index contributed by atoms with van der Waals surface area (Å²) in [5.74, 6) is 0.173. The van der Waals surface area contributed by atoms with Gasteiger partial charge in [0.05, 0.1) is 4.90 Å². The molecular weight excluding hydrogens is 354 g/mol. The van der Waals surface area contributed by atoms with Crippen LogP contribution in [0.4, 0.5) is 0 Å². The molecule has 2 rings (SSSR count).